The van der Waals surface area contributed by atoms with E-state index in [9.17, 15) is 45.1 Å². The Morgan fingerprint density at radius 1 is 0.257 bits per heavy atom. The van der Waals surface area contributed by atoms with Crippen molar-refractivity contribution < 1.29 is 64.1 Å². The van der Waals surface area contributed by atoms with E-state index in [-0.39, 0.29) is 75.3 Å². The summed E-state index contributed by atoms with van der Waals surface area (Å²) in [6.07, 6.45) is 89.2. The number of benzene rings is 2. The van der Waals surface area contributed by atoms with Gasteiger partial charge in [-0.05, 0) is 153 Å². The number of carbonyl (C=O) groups excluding carboxylic acids is 4. The summed E-state index contributed by atoms with van der Waals surface area (Å²) < 4.78 is 93.4. The van der Waals surface area contributed by atoms with Gasteiger partial charge in [0, 0.05) is 0 Å². The van der Waals surface area contributed by atoms with Crippen molar-refractivity contribution in [3.8, 4) is 0 Å². The van der Waals surface area contributed by atoms with Crippen molar-refractivity contribution in [2.45, 2.75) is 423 Å². The molecule has 2 aromatic carbocycles. The molecule has 0 aliphatic carbocycles. The molecule has 2 rings (SSSR count). The number of rotatable bonds is 74. The number of allylic oxidation sites excluding steroid dienone is 8. The van der Waals surface area contributed by atoms with Crippen LogP contribution in [0.2, 0.25) is 0 Å². The molecule has 2 aromatic rings. The monoisotopic (exact) mass is 1590 g/mol. The van der Waals surface area contributed by atoms with E-state index in [0.29, 0.717) is 25.7 Å². The van der Waals surface area contributed by atoms with Crippen molar-refractivity contribution in [3.05, 3.63) is 107 Å². The molecule has 0 aliphatic heterocycles. The van der Waals surface area contributed by atoms with Gasteiger partial charge >= 0.3 is 61.6 Å². The van der Waals surface area contributed by atoms with Gasteiger partial charge < -0.3 is 28.1 Å². The molecule has 0 atom stereocenters. The standard InChI is InChI=1S/2C46H78O7S.Ca/c2*1-3-5-7-9-11-13-15-17-19-21-23-25-27-29-31-33-35-40-52-45(47)42-38-37-39-43(54(49,50)51)44(42)46(48)53-41-36-34-32-30-28-26-24-22-20-18-16-14-12-10-8-6-4-2;/h2*17-20,37-39H,3-16,21-36,40-41H2,1-2H3,(H,49,50,51);/q;;+2/p-2/b2*19-17+,20-18+;. The van der Waals surface area contributed by atoms with E-state index in [4.69, 9.17) is 18.9 Å². The summed E-state index contributed by atoms with van der Waals surface area (Å²) in [6, 6.07) is 7.24. The van der Waals surface area contributed by atoms with Crippen LogP contribution in [0.5, 0.6) is 0 Å². The van der Waals surface area contributed by atoms with Crippen LogP contribution < -0.4 is 0 Å². The Balaban J connectivity index is 0.00000212. The Morgan fingerprint density at radius 3 is 0.606 bits per heavy atom. The van der Waals surface area contributed by atoms with E-state index in [1.54, 1.807) is 0 Å². The number of unbranched alkanes of at least 4 members (excludes halogenated alkanes) is 52. The summed E-state index contributed by atoms with van der Waals surface area (Å²) in [5, 5.41) is 0. The third-order valence-corrected chi connectivity index (χ3v) is 21.8. The zero-order chi connectivity index (χ0) is 78.8. The predicted molar refractivity (Wildman–Crippen MR) is 452 cm³/mol. The molecule has 0 bridgehead atoms. The molecule has 0 heterocycles. The predicted octanol–water partition coefficient (Wildman–Crippen LogP) is 27.1. The van der Waals surface area contributed by atoms with Gasteiger partial charge in [0.05, 0.1) is 58.5 Å². The molecule has 0 radical (unpaired) electrons. The molecule has 620 valence electrons. The van der Waals surface area contributed by atoms with Crippen molar-refractivity contribution in [2.24, 2.45) is 0 Å². The number of carbonyl (C=O) groups is 4. The van der Waals surface area contributed by atoms with Gasteiger partial charge in [0.1, 0.15) is 20.2 Å². The van der Waals surface area contributed by atoms with Gasteiger partial charge in [0.2, 0.25) is 0 Å². The van der Waals surface area contributed by atoms with Gasteiger partial charge in [0.25, 0.3) is 0 Å². The smallest absolute Gasteiger partial charge is 0.744 e. The van der Waals surface area contributed by atoms with Gasteiger partial charge in [0.15, 0.2) is 0 Å². The van der Waals surface area contributed by atoms with E-state index < -0.39 is 65.0 Å². The Labute approximate surface area is 696 Å². The Morgan fingerprint density at radius 2 is 0.422 bits per heavy atom. The normalized spacial score (nSPS) is 11.8. The van der Waals surface area contributed by atoms with E-state index in [1.165, 1.54) is 281 Å². The summed E-state index contributed by atoms with van der Waals surface area (Å²) in [7, 11) is -10.0. The van der Waals surface area contributed by atoms with Crippen LogP contribution in [0.4, 0.5) is 0 Å². The van der Waals surface area contributed by atoms with Gasteiger partial charge in [-0.3, -0.25) is 0 Å². The fourth-order valence-electron chi connectivity index (χ4n) is 13.3. The maximum absolute atomic E-state index is 13.0. The average Bonchev–Trinajstić information content (AvgIpc) is 0.798. The summed E-state index contributed by atoms with van der Waals surface area (Å²) in [4.78, 5) is 50.4. The Hall–Kier alpha value is -3.64. The van der Waals surface area contributed by atoms with Crippen LogP contribution in [-0.4, -0.2) is 114 Å². The Kier molecular flexibility index (Phi) is 74.4. The molecular formula is C92H154CaO14S2. The fourth-order valence-corrected chi connectivity index (χ4v) is 14.7. The minimum atomic E-state index is -5.02. The van der Waals surface area contributed by atoms with Crippen LogP contribution >= 0.6 is 0 Å². The molecule has 0 aliphatic rings. The third-order valence-electron chi connectivity index (χ3n) is 20.0. The van der Waals surface area contributed by atoms with Gasteiger partial charge in [-0.2, -0.15) is 0 Å². The molecule has 0 unspecified atom stereocenters. The van der Waals surface area contributed by atoms with Gasteiger partial charge in [-0.15, -0.1) is 0 Å². The molecule has 0 saturated heterocycles. The van der Waals surface area contributed by atoms with Crippen molar-refractivity contribution >= 4 is 81.9 Å². The first kappa shape index (κ1) is 105. The van der Waals surface area contributed by atoms with Crippen LogP contribution in [0, 0.1) is 0 Å². The Bertz CT molecular complexity index is 2670. The number of esters is 4. The quantitative estimate of drug-likeness (QED) is 0.0150. The minimum Gasteiger partial charge on any atom is -0.744 e. The SMILES string of the molecule is CCCCCCCC/C=C/CCCCCCCCCOC(=O)c1cccc(S(=O)(=O)[O-])c1C(=O)OCCCCCCCCC/C=C/CCCCCCCC.CCCCCCCC/C=C/CCCCCCCCCOC(=O)c1cccc(S(=O)(=O)[O-])c1C(=O)OCCCCCCCCC/C=C/CCCCCCCC.[Ca+2]. The fraction of sp³-hybridized carbons (Fsp3) is 0.739. The average molecular weight is 1590 g/mol. The molecule has 0 spiro atoms. The van der Waals surface area contributed by atoms with Gasteiger partial charge in [-0.25, -0.2) is 36.0 Å². The second-order valence-corrected chi connectivity index (χ2v) is 32.7. The van der Waals surface area contributed by atoms with Crippen molar-refractivity contribution in [3.63, 3.8) is 0 Å². The van der Waals surface area contributed by atoms with Crippen LogP contribution in [-0.2, 0) is 39.2 Å². The maximum atomic E-state index is 13.0. The molecule has 17 heteroatoms. The minimum absolute atomic E-state index is 0. The number of hydrogen-bond donors (Lipinski definition) is 0. The molecule has 14 nitrogen and oxygen atoms in total. The summed E-state index contributed by atoms with van der Waals surface area (Å²) >= 11 is 0. The van der Waals surface area contributed by atoms with E-state index in [1.807, 2.05) is 0 Å². The van der Waals surface area contributed by atoms with Gasteiger partial charge in [-0.1, -0.05) is 345 Å². The molecule has 0 fully saturated rings. The zero-order valence-corrected chi connectivity index (χ0v) is 73.4. The van der Waals surface area contributed by atoms with E-state index in [0.717, 1.165) is 115 Å². The van der Waals surface area contributed by atoms with E-state index in [2.05, 4.69) is 76.3 Å². The topological polar surface area (TPSA) is 220 Å². The van der Waals surface area contributed by atoms with Crippen LogP contribution in [0.1, 0.15) is 454 Å². The van der Waals surface area contributed by atoms with Crippen LogP contribution in [0.25, 0.3) is 0 Å². The molecule has 0 amide bonds. The number of hydrogen-bond acceptors (Lipinski definition) is 14. The molecule has 0 N–H and O–H groups in total. The summed E-state index contributed by atoms with van der Waals surface area (Å²) in [5.74, 6) is -3.64. The van der Waals surface area contributed by atoms with Crippen molar-refractivity contribution in [1.29, 1.82) is 0 Å². The number of ether oxygens (including phenoxy) is 4. The van der Waals surface area contributed by atoms with Crippen LogP contribution in [0.3, 0.4) is 0 Å². The second-order valence-electron chi connectivity index (χ2n) is 30.0. The summed E-state index contributed by atoms with van der Waals surface area (Å²) in [5.41, 5.74) is -1.57. The molecule has 109 heavy (non-hydrogen) atoms. The second kappa shape index (κ2) is 77.0. The third kappa shape index (κ3) is 62.4. The molecular weight excluding hydrogens is 1430 g/mol. The van der Waals surface area contributed by atoms with Crippen LogP contribution in [0.15, 0.2) is 94.8 Å². The first-order valence-corrected chi connectivity index (χ1v) is 46.9. The first-order valence-electron chi connectivity index (χ1n) is 44.1. The van der Waals surface area contributed by atoms with Crippen molar-refractivity contribution in [2.75, 3.05) is 26.4 Å². The first-order chi connectivity index (χ1) is 52.6. The van der Waals surface area contributed by atoms with E-state index >= 15 is 0 Å². The maximum Gasteiger partial charge on any atom is 2.00 e. The molecule has 0 saturated carbocycles. The largest absolute Gasteiger partial charge is 2.00 e. The zero-order valence-electron chi connectivity index (χ0n) is 69.6. The van der Waals surface area contributed by atoms with Crippen molar-refractivity contribution in [1.82, 2.24) is 0 Å². The molecule has 0 aromatic heterocycles. The summed E-state index contributed by atoms with van der Waals surface area (Å²) in [6.45, 7) is 9.48.